The number of terminal acetylenes is 1. The maximum absolute atomic E-state index is 13.8. The van der Waals surface area contributed by atoms with Gasteiger partial charge in [0.15, 0.2) is 0 Å². The Morgan fingerprint density at radius 1 is 1.03 bits per heavy atom. The monoisotopic (exact) mass is 513 g/mol. The van der Waals surface area contributed by atoms with Crippen LogP contribution in [0.2, 0.25) is 0 Å². The van der Waals surface area contributed by atoms with Crippen LogP contribution < -0.4 is 10.1 Å². The summed E-state index contributed by atoms with van der Waals surface area (Å²) in [6.45, 7) is 0.0512. The predicted molar refractivity (Wildman–Crippen MR) is 130 cm³/mol. The molecule has 1 N–H and O–H groups in total. The van der Waals surface area contributed by atoms with Gasteiger partial charge in [0.05, 0.1) is 30.3 Å². The number of benzene rings is 2. The molecular weight excluding hydrogens is 486 g/mol. The first kappa shape index (κ1) is 26.5. The number of halogens is 4. The van der Waals surface area contributed by atoms with Crippen LogP contribution in [0.3, 0.4) is 0 Å². The highest BCUT2D eigenvalue weighted by Crippen LogP contribution is 2.40. The van der Waals surface area contributed by atoms with Crippen molar-refractivity contribution in [3.63, 3.8) is 0 Å². The van der Waals surface area contributed by atoms with Gasteiger partial charge in [0.2, 0.25) is 5.91 Å². The maximum atomic E-state index is 13.8. The summed E-state index contributed by atoms with van der Waals surface area (Å²) in [6.07, 6.45) is 3.99. The summed E-state index contributed by atoms with van der Waals surface area (Å²) >= 11 is 0. The topological polar surface area (TPSA) is 65.4 Å². The molecule has 1 amide bonds. The molecule has 2 aromatic carbocycles. The SMILES string of the molecule is C#C[C@@H]1CCC(C#N)N1C(=O)CNC1CCC(Oc2ccc(-c3ccc(F)cc3)cc2C(F)(F)F)CC1. The second-order valence-corrected chi connectivity index (χ2v) is 9.39. The summed E-state index contributed by atoms with van der Waals surface area (Å²) in [6, 6.07) is 10.4. The first-order valence-corrected chi connectivity index (χ1v) is 12.2. The van der Waals surface area contributed by atoms with Crippen LogP contribution in [0.4, 0.5) is 17.6 Å². The molecule has 1 unspecified atom stereocenters. The number of hydrogen-bond acceptors (Lipinski definition) is 4. The number of nitrogens with one attached hydrogen (secondary N) is 1. The number of ether oxygens (including phenoxy) is 1. The lowest BCUT2D eigenvalue weighted by Crippen LogP contribution is -2.47. The molecule has 2 fully saturated rings. The molecule has 1 saturated carbocycles. The van der Waals surface area contributed by atoms with Gasteiger partial charge >= 0.3 is 6.18 Å². The number of nitrogens with zero attached hydrogens (tertiary/aromatic N) is 2. The Morgan fingerprint density at radius 3 is 2.30 bits per heavy atom. The van der Waals surface area contributed by atoms with Gasteiger partial charge in [-0.25, -0.2) is 4.39 Å². The van der Waals surface area contributed by atoms with E-state index in [4.69, 9.17) is 11.2 Å². The minimum absolute atomic E-state index is 0.0131. The van der Waals surface area contributed by atoms with E-state index >= 15 is 0 Å². The smallest absolute Gasteiger partial charge is 0.419 e. The van der Waals surface area contributed by atoms with Crippen LogP contribution in [0.15, 0.2) is 42.5 Å². The molecule has 1 saturated heterocycles. The summed E-state index contributed by atoms with van der Waals surface area (Å²) < 4.78 is 60.4. The molecule has 9 heteroatoms. The van der Waals surface area contributed by atoms with Crippen molar-refractivity contribution in [2.45, 2.75) is 68.9 Å². The standard InChI is InChI=1S/C28H27F4N3O2/c1-2-22-10-11-23(16-33)35(22)27(36)17-34-21-8-12-24(13-9-21)37-26-14-5-19(15-25(26)28(30,31)32)18-3-6-20(29)7-4-18/h1,3-7,14-15,21-24,34H,8-13,17H2/t21?,22-,23?,24?/m1/s1. The van der Waals surface area contributed by atoms with Crippen LogP contribution in [0.5, 0.6) is 5.75 Å². The van der Waals surface area contributed by atoms with Gasteiger partial charge in [0.1, 0.15) is 17.6 Å². The van der Waals surface area contributed by atoms with E-state index in [0.717, 1.165) is 6.07 Å². The van der Waals surface area contributed by atoms with Crippen LogP contribution in [-0.2, 0) is 11.0 Å². The van der Waals surface area contributed by atoms with Gasteiger partial charge in [-0.2, -0.15) is 18.4 Å². The van der Waals surface area contributed by atoms with Crippen LogP contribution in [0.1, 0.15) is 44.1 Å². The van der Waals surface area contributed by atoms with Gasteiger partial charge in [0.25, 0.3) is 0 Å². The molecule has 2 aliphatic rings. The molecule has 0 radical (unpaired) electrons. The lowest BCUT2D eigenvalue weighted by atomic mass is 9.92. The lowest BCUT2D eigenvalue weighted by Gasteiger charge is -2.31. The minimum atomic E-state index is -4.61. The molecule has 194 valence electrons. The Balaban J connectivity index is 1.34. The fourth-order valence-corrected chi connectivity index (χ4v) is 5.01. The number of hydrogen-bond donors (Lipinski definition) is 1. The lowest BCUT2D eigenvalue weighted by molar-refractivity contribution is -0.139. The average Bonchev–Trinajstić information content (AvgIpc) is 3.32. The van der Waals surface area contributed by atoms with E-state index in [-0.39, 0.29) is 36.4 Å². The van der Waals surface area contributed by atoms with Crippen molar-refractivity contribution in [1.29, 1.82) is 5.26 Å². The van der Waals surface area contributed by atoms with Crippen molar-refractivity contribution in [1.82, 2.24) is 10.2 Å². The number of carbonyl (C=O) groups is 1. The second-order valence-electron chi connectivity index (χ2n) is 9.39. The number of nitriles is 1. The number of carbonyl (C=O) groups excluding carboxylic acids is 1. The first-order valence-electron chi connectivity index (χ1n) is 12.2. The molecule has 0 bridgehead atoms. The van der Waals surface area contributed by atoms with Gasteiger partial charge < -0.3 is 15.0 Å². The number of rotatable bonds is 6. The summed E-state index contributed by atoms with van der Waals surface area (Å²) in [7, 11) is 0. The predicted octanol–water partition coefficient (Wildman–Crippen LogP) is 5.31. The Kier molecular flexibility index (Phi) is 8.04. The minimum Gasteiger partial charge on any atom is -0.490 e. The van der Waals surface area contributed by atoms with Crippen molar-refractivity contribution >= 4 is 5.91 Å². The molecule has 37 heavy (non-hydrogen) atoms. The van der Waals surface area contributed by atoms with Crippen molar-refractivity contribution in [2.24, 2.45) is 0 Å². The molecule has 1 heterocycles. The van der Waals surface area contributed by atoms with Gasteiger partial charge in [-0.15, -0.1) is 6.42 Å². The van der Waals surface area contributed by atoms with Crippen molar-refractivity contribution < 1.29 is 27.1 Å². The fourth-order valence-electron chi connectivity index (χ4n) is 5.01. The third-order valence-corrected chi connectivity index (χ3v) is 6.99. The molecular formula is C28H27F4N3O2. The molecule has 0 spiro atoms. The van der Waals surface area contributed by atoms with Crippen molar-refractivity contribution in [3.8, 4) is 35.3 Å². The van der Waals surface area contributed by atoms with Gasteiger partial charge in [-0.1, -0.05) is 24.1 Å². The Labute approximate surface area is 213 Å². The number of likely N-dealkylation sites (tertiary alicyclic amines) is 1. The average molecular weight is 514 g/mol. The Hall–Kier alpha value is -3.56. The summed E-state index contributed by atoms with van der Waals surface area (Å²) in [5.74, 6) is 1.65. The zero-order valence-corrected chi connectivity index (χ0v) is 20.1. The van der Waals surface area contributed by atoms with Crippen molar-refractivity contribution in [3.05, 3.63) is 53.8 Å². The highest BCUT2D eigenvalue weighted by atomic mass is 19.4. The van der Waals surface area contributed by atoms with Crippen LogP contribution in [-0.4, -0.2) is 41.6 Å². The second kappa shape index (κ2) is 11.2. The van der Waals surface area contributed by atoms with Gasteiger partial charge in [0, 0.05) is 6.04 Å². The third kappa shape index (κ3) is 6.23. The van der Waals surface area contributed by atoms with Crippen LogP contribution >= 0.6 is 0 Å². The molecule has 4 rings (SSSR count). The van der Waals surface area contributed by atoms with E-state index < -0.39 is 23.6 Å². The highest BCUT2D eigenvalue weighted by molar-refractivity contribution is 5.80. The highest BCUT2D eigenvalue weighted by Gasteiger charge is 2.37. The fraction of sp³-hybridized carbons (Fsp3) is 0.429. The van der Waals surface area contributed by atoms with E-state index in [9.17, 15) is 27.6 Å². The van der Waals surface area contributed by atoms with E-state index in [1.165, 1.54) is 41.3 Å². The number of alkyl halides is 3. The molecule has 1 aliphatic heterocycles. The third-order valence-electron chi connectivity index (χ3n) is 6.99. The Morgan fingerprint density at radius 2 is 1.68 bits per heavy atom. The molecule has 0 aromatic heterocycles. The number of amides is 1. The molecule has 1 aliphatic carbocycles. The van der Waals surface area contributed by atoms with Crippen LogP contribution in [0.25, 0.3) is 11.1 Å². The van der Waals surface area contributed by atoms with E-state index in [1.54, 1.807) is 0 Å². The summed E-state index contributed by atoms with van der Waals surface area (Å²) in [4.78, 5) is 14.1. The quantitative estimate of drug-likeness (QED) is 0.420. The van der Waals surface area contributed by atoms with Crippen molar-refractivity contribution in [2.75, 3.05) is 6.54 Å². The van der Waals surface area contributed by atoms with Gasteiger partial charge in [-0.3, -0.25) is 4.79 Å². The summed E-state index contributed by atoms with van der Waals surface area (Å²) in [5, 5.41) is 12.5. The summed E-state index contributed by atoms with van der Waals surface area (Å²) in [5.41, 5.74) is -0.0787. The Bertz CT molecular complexity index is 1170. The molecule has 2 aromatic rings. The van der Waals surface area contributed by atoms with Crippen LogP contribution in [0, 0.1) is 29.5 Å². The maximum Gasteiger partial charge on any atom is 0.419 e. The normalized spacial score (nSPS) is 23.8. The van der Waals surface area contributed by atoms with E-state index in [1.807, 2.05) is 0 Å². The molecule has 2 atom stereocenters. The first-order chi connectivity index (χ1) is 17.7. The zero-order valence-electron chi connectivity index (χ0n) is 20.1. The van der Waals surface area contributed by atoms with E-state index in [2.05, 4.69) is 17.3 Å². The largest absolute Gasteiger partial charge is 0.490 e. The zero-order chi connectivity index (χ0) is 26.6. The van der Waals surface area contributed by atoms with E-state index in [0.29, 0.717) is 49.7 Å². The van der Waals surface area contributed by atoms with Gasteiger partial charge in [-0.05, 0) is 73.9 Å². The molecule has 5 nitrogen and oxygen atoms in total.